The van der Waals surface area contributed by atoms with E-state index in [4.69, 9.17) is 19.0 Å². The number of likely N-dealkylation sites (tertiary alicyclic amines) is 1. The van der Waals surface area contributed by atoms with Gasteiger partial charge in [0.15, 0.2) is 17.6 Å². The molecule has 2 aliphatic carbocycles. The number of ether oxygens (including phenoxy) is 3. The number of carbonyl (C=O) groups is 3. The number of aliphatic hydroxyl groups is 1. The lowest BCUT2D eigenvalue weighted by molar-refractivity contribution is -0.176. The number of carbonyl (C=O) groups excluding carboxylic acids is 3. The molecule has 2 aliphatic heterocycles. The molecule has 2 heterocycles. The molecule has 0 amide bonds. The Kier molecular flexibility index (Phi) is 15.7. The Morgan fingerprint density at radius 3 is 2.09 bits per heavy atom. The molecule has 12 heteroatoms. The highest BCUT2D eigenvalue weighted by Gasteiger charge is 2.72. The molecular formula is C45H60F3NO8. The summed E-state index contributed by atoms with van der Waals surface area (Å²) < 4.78 is 49.6. The van der Waals surface area contributed by atoms with Crippen LogP contribution in [0.2, 0.25) is 0 Å². The number of nitrogens with zero attached hydrogens (tertiary/aromatic N) is 1. The molecule has 1 fully saturated rings. The second-order valence-electron chi connectivity index (χ2n) is 16.2. The van der Waals surface area contributed by atoms with Crippen molar-refractivity contribution in [2.24, 2.45) is 0 Å². The van der Waals surface area contributed by atoms with Crippen LogP contribution in [-0.4, -0.2) is 70.9 Å². The van der Waals surface area contributed by atoms with Crippen molar-refractivity contribution in [2.45, 2.75) is 164 Å². The zero-order valence-electron chi connectivity index (χ0n) is 33.5. The summed E-state index contributed by atoms with van der Waals surface area (Å²) in [5.41, 5.74) is 0.365. The lowest BCUT2D eigenvalue weighted by Gasteiger charge is -2.61. The molecule has 2 aromatic rings. The van der Waals surface area contributed by atoms with Crippen molar-refractivity contribution in [1.29, 1.82) is 0 Å². The van der Waals surface area contributed by atoms with E-state index in [1.807, 2.05) is 19.2 Å². The van der Waals surface area contributed by atoms with Gasteiger partial charge in [0.25, 0.3) is 0 Å². The quantitative estimate of drug-likeness (QED) is 0.0766. The van der Waals surface area contributed by atoms with Gasteiger partial charge < -0.3 is 29.3 Å². The van der Waals surface area contributed by atoms with Crippen LogP contribution in [-0.2, 0) is 35.7 Å². The smallest absolute Gasteiger partial charge is 0.446 e. The van der Waals surface area contributed by atoms with Crippen LogP contribution in [0.3, 0.4) is 0 Å². The first-order chi connectivity index (χ1) is 27.4. The topological polar surface area (TPSA) is 123 Å². The molecule has 2 N–H and O–H groups in total. The molecule has 0 radical (unpaired) electrons. The van der Waals surface area contributed by atoms with E-state index in [1.165, 1.54) is 77.0 Å². The second-order valence-corrected chi connectivity index (χ2v) is 16.2. The lowest BCUT2D eigenvalue weighted by atomic mass is 9.50. The van der Waals surface area contributed by atoms with Crippen LogP contribution < -0.4 is 4.74 Å². The summed E-state index contributed by atoms with van der Waals surface area (Å²) in [6, 6.07) is 12.4. The molecule has 57 heavy (non-hydrogen) atoms. The molecule has 314 valence electrons. The van der Waals surface area contributed by atoms with Crippen LogP contribution in [0.25, 0.3) is 0 Å². The number of phenols is 1. The first kappa shape index (κ1) is 44.2. The lowest BCUT2D eigenvalue weighted by Crippen LogP contribution is -2.74. The molecule has 1 spiro atoms. The highest BCUT2D eigenvalue weighted by atomic mass is 19.4. The number of aromatic hydroxyl groups is 1. The highest BCUT2D eigenvalue weighted by Crippen LogP contribution is 2.65. The first-order valence-corrected chi connectivity index (χ1v) is 21.0. The van der Waals surface area contributed by atoms with Crippen LogP contribution in [0.15, 0.2) is 54.3 Å². The van der Waals surface area contributed by atoms with Crippen LogP contribution >= 0.6 is 0 Å². The van der Waals surface area contributed by atoms with Gasteiger partial charge in [-0.15, -0.1) is 0 Å². The number of phenolic OH excluding ortho intramolecular Hbond substituents is 1. The van der Waals surface area contributed by atoms with E-state index in [0.29, 0.717) is 24.2 Å². The molecule has 6 rings (SSSR count). The van der Waals surface area contributed by atoms with Gasteiger partial charge in [-0.3, -0.25) is 9.59 Å². The summed E-state index contributed by atoms with van der Waals surface area (Å²) in [6.07, 6.45) is 14.5. The number of halogens is 3. The van der Waals surface area contributed by atoms with E-state index in [1.54, 1.807) is 36.4 Å². The Balaban J connectivity index is 0.000000959. The van der Waals surface area contributed by atoms with Crippen LogP contribution in [0.1, 0.15) is 145 Å². The van der Waals surface area contributed by atoms with Crippen molar-refractivity contribution in [1.82, 2.24) is 4.90 Å². The van der Waals surface area contributed by atoms with Crippen molar-refractivity contribution >= 4 is 18.2 Å². The van der Waals surface area contributed by atoms with Crippen molar-refractivity contribution in [3.63, 3.8) is 0 Å². The van der Waals surface area contributed by atoms with Gasteiger partial charge in [-0.25, -0.2) is 4.79 Å². The van der Waals surface area contributed by atoms with Gasteiger partial charge in [-0.2, -0.15) is 13.2 Å². The van der Waals surface area contributed by atoms with Crippen LogP contribution in [0.4, 0.5) is 13.2 Å². The second kappa shape index (κ2) is 20.2. The average molecular weight is 800 g/mol. The summed E-state index contributed by atoms with van der Waals surface area (Å²) in [6.45, 7) is 2.99. The number of aldehydes is 1. The number of rotatable bonds is 20. The number of hydrogen-bond donors (Lipinski definition) is 2. The first-order valence-electron chi connectivity index (χ1n) is 21.0. The number of benzene rings is 2. The zero-order valence-corrected chi connectivity index (χ0v) is 33.5. The summed E-state index contributed by atoms with van der Waals surface area (Å²) in [4.78, 5) is 37.9. The molecule has 4 aliphatic rings. The predicted molar refractivity (Wildman–Crippen MR) is 210 cm³/mol. The van der Waals surface area contributed by atoms with E-state index in [9.17, 15) is 33.0 Å². The van der Waals surface area contributed by atoms with Gasteiger partial charge in [-0.05, 0) is 50.6 Å². The normalized spacial score (nSPS) is 23.6. The Morgan fingerprint density at radius 2 is 1.51 bits per heavy atom. The largest absolute Gasteiger partial charge is 0.504 e. The van der Waals surface area contributed by atoms with Crippen molar-refractivity contribution in [3.05, 3.63) is 71.0 Å². The molecule has 5 atom stereocenters. The SMILES string of the molecule is CCCCCCCCCCCCCCCCCC(=O)O[C@H](C(=O)OC1=CC[C@@]2(O)[C@H]3Cc4ccc(O)c5c4[C@@]2(CCN3C)[C@H]1O5)c1ccccc1.O=CC(F)(F)F. The Hall–Kier alpha value is -3.90. The number of esters is 2. The fourth-order valence-electron chi connectivity index (χ4n) is 9.32. The maximum Gasteiger partial charge on any atom is 0.446 e. The molecule has 2 aromatic carbocycles. The predicted octanol–water partition coefficient (Wildman–Crippen LogP) is 9.51. The Morgan fingerprint density at radius 1 is 0.930 bits per heavy atom. The third-order valence-electron chi connectivity index (χ3n) is 12.3. The minimum Gasteiger partial charge on any atom is -0.504 e. The van der Waals surface area contributed by atoms with Gasteiger partial charge in [0.2, 0.25) is 12.4 Å². The molecule has 2 bridgehead atoms. The fourth-order valence-corrected chi connectivity index (χ4v) is 9.32. The number of hydrogen-bond acceptors (Lipinski definition) is 9. The number of piperidine rings is 1. The molecular weight excluding hydrogens is 739 g/mol. The number of alkyl halides is 3. The minimum atomic E-state index is -4.64. The molecule has 9 nitrogen and oxygen atoms in total. The standard InChI is InChI=1S/C43H59NO7.C2HF3O/c1-3-4-5-6-7-8-9-10-11-12-13-14-15-16-20-23-36(46)50-38(31-21-18-17-19-22-31)41(47)49-34-26-27-43(48)35-30-32-24-25-33(45)39-37(32)42(43,40(34)51-39)28-29-44(35)2;3-2(4,5)1-6/h17-19,21-22,24-26,35,38,40,45,48H,3-16,20,23,27-30H2,1-2H3;1H/t35-,38+,40+,42+,43-;/m1./s1. The van der Waals surface area contributed by atoms with Gasteiger partial charge in [-0.1, -0.05) is 133 Å². The monoisotopic (exact) mass is 799 g/mol. The van der Waals surface area contributed by atoms with Crippen molar-refractivity contribution in [2.75, 3.05) is 13.6 Å². The summed E-state index contributed by atoms with van der Waals surface area (Å²) in [5, 5.41) is 23.3. The maximum atomic E-state index is 13.9. The summed E-state index contributed by atoms with van der Waals surface area (Å²) >= 11 is 0. The minimum absolute atomic E-state index is 0.0119. The molecule has 0 saturated carbocycles. The fraction of sp³-hybridized carbons (Fsp3) is 0.622. The summed E-state index contributed by atoms with van der Waals surface area (Å²) in [7, 11) is 2.03. The van der Waals surface area contributed by atoms with E-state index < -0.39 is 47.6 Å². The van der Waals surface area contributed by atoms with Gasteiger partial charge in [0.1, 0.15) is 5.76 Å². The summed E-state index contributed by atoms with van der Waals surface area (Å²) in [5.74, 6) is -0.472. The Labute approximate surface area is 334 Å². The van der Waals surface area contributed by atoms with Crippen LogP contribution in [0.5, 0.6) is 11.5 Å². The van der Waals surface area contributed by atoms with Crippen molar-refractivity contribution < 1.29 is 52.0 Å². The third-order valence-corrected chi connectivity index (χ3v) is 12.3. The molecule has 0 aromatic heterocycles. The van der Waals surface area contributed by atoms with E-state index >= 15 is 0 Å². The van der Waals surface area contributed by atoms with Gasteiger partial charge in [0, 0.05) is 30.0 Å². The maximum absolute atomic E-state index is 13.9. The van der Waals surface area contributed by atoms with E-state index in [2.05, 4.69) is 11.8 Å². The Bertz CT molecular complexity index is 1680. The molecule has 1 saturated heterocycles. The highest BCUT2D eigenvalue weighted by molar-refractivity contribution is 5.82. The van der Waals surface area contributed by atoms with Gasteiger partial charge in [0.05, 0.1) is 11.0 Å². The molecule has 0 unspecified atom stereocenters. The number of unbranched alkanes of at least 4 members (excludes halogenated alkanes) is 14. The average Bonchev–Trinajstić information content (AvgIpc) is 3.56. The van der Waals surface area contributed by atoms with E-state index in [-0.39, 0.29) is 30.4 Å². The van der Waals surface area contributed by atoms with Crippen molar-refractivity contribution in [3.8, 4) is 11.5 Å². The third kappa shape index (κ3) is 10.4. The number of likely N-dealkylation sites (N-methyl/N-ethyl adjacent to an activating group) is 1. The van der Waals surface area contributed by atoms with E-state index in [0.717, 1.165) is 36.9 Å². The van der Waals surface area contributed by atoms with Gasteiger partial charge >= 0.3 is 18.1 Å². The van der Waals surface area contributed by atoms with Crippen LogP contribution in [0, 0.1) is 0 Å². The zero-order chi connectivity index (χ0) is 41.1.